The molecule has 0 saturated carbocycles. The van der Waals surface area contributed by atoms with Gasteiger partial charge in [-0.25, -0.2) is 4.98 Å². The molecule has 3 rings (SSSR count). The summed E-state index contributed by atoms with van der Waals surface area (Å²) in [6.07, 6.45) is 3.62. The summed E-state index contributed by atoms with van der Waals surface area (Å²) in [5.41, 5.74) is 0.443. The van der Waals surface area contributed by atoms with Crippen molar-refractivity contribution in [2.45, 2.75) is 6.42 Å². The highest BCUT2D eigenvalue weighted by atomic mass is 32.1. The molecule has 116 valence electrons. The lowest BCUT2D eigenvalue weighted by Gasteiger charge is -2.05. The lowest BCUT2D eigenvalue weighted by molar-refractivity contribution is 0.0952. The number of hydrogen-bond acceptors (Lipinski definition) is 5. The molecule has 3 aromatic rings. The first-order valence-electron chi connectivity index (χ1n) is 7.05. The van der Waals surface area contributed by atoms with Crippen molar-refractivity contribution in [3.8, 4) is 10.7 Å². The van der Waals surface area contributed by atoms with E-state index in [-0.39, 0.29) is 5.56 Å². The van der Waals surface area contributed by atoms with Crippen molar-refractivity contribution >= 4 is 17.2 Å². The number of nitrogens with one attached hydrogen (secondary N) is 2. The van der Waals surface area contributed by atoms with Gasteiger partial charge in [0.15, 0.2) is 0 Å². The third-order valence-corrected chi connectivity index (χ3v) is 4.07. The van der Waals surface area contributed by atoms with Crippen molar-refractivity contribution in [1.82, 2.24) is 20.3 Å². The number of pyridine rings is 1. The molecule has 0 unspecified atom stereocenters. The molecule has 2 N–H and O–H groups in total. The van der Waals surface area contributed by atoms with Crippen LogP contribution < -0.4 is 10.9 Å². The molecule has 0 aliphatic heterocycles. The number of H-pyrrole nitrogens is 1. The van der Waals surface area contributed by atoms with E-state index in [1.165, 1.54) is 17.5 Å². The first-order chi connectivity index (χ1) is 11.2. The van der Waals surface area contributed by atoms with E-state index in [0.29, 0.717) is 18.8 Å². The molecule has 0 fully saturated rings. The van der Waals surface area contributed by atoms with Gasteiger partial charge in [-0.1, -0.05) is 12.1 Å². The summed E-state index contributed by atoms with van der Waals surface area (Å²) in [6.45, 7) is 0.405. The van der Waals surface area contributed by atoms with Gasteiger partial charge >= 0.3 is 0 Å². The minimum atomic E-state index is -0.446. The van der Waals surface area contributed by atoms with Crippen molar-refractivity contribution in [3.05, 3.63) is 69.7 Å². The van der Waals surface area contributed by atoms with Crippen LogP contribution in [0.5, 0.6) is 0 Å². The second-order valence-corrected chi connectivity index (χ2v) is 5.73. The topological polar surface area (TPSA) is 87.7 Å². The van der Waals surface area contributed by atoms with E-state index in [4.69, 9.17) is 0 Å². The molecule has 0 bridgehead atoms. The number of thiophene rings is 1. The van der Waals surface area contributed by atoms with Crippen LogP contribution in [0, 0.1) is 0 Å². The number of nitrogens with zero attached hydrogens (tertiary/aromatic N) is 2. The van der Waals surface area contributed by atoms with E-state index >= 15 is 0 Å². The fourth-order valence-corrected chi connectivity index (χ4v) is 2.72. The molecule has 6 nitrogen and oxygen atoms in total. The van der Waals surface area contributed by atoms with Gasteiger partial charge in [0, 0.05) is 31.1 Å². The number of amides is 1. The highest BCUT2D eigenvalue weighted by Gasteiger charge is 2.12. The van der Waals surface area contributed by atoms with E-state index in [1.807, 2.05) is 35.7 Å². The molecule has 1 amide bonds. The van der Waals surface area contributed by atoms with Gasteiger partial charge in [0.1, 0.15) is 11.4 Å². The van der Waals surface area contributed by atoms with Crippen molar-refractivity contribution in [1.29, 1.82) is 0 Å². The smallest absolute Gasteiger partial charge is 0.264 e. The van der Waals surface area contributed by atoms with Crippen LogP contribution in [-0.2, 0) is 6.42 Å². The first-order valence-corrected chi connectivity index (χ1v) is 7.93. The van der Waals surface area contributed by atoms with Crippen molar-refractivity contribution < 1.29 is 4.79 Å². The maximum Gasteiger partial charge on any atom is 0.264 e. The van der Waals surface area contributed by atoms with Crippen molar-refractivity contribution in [2.75, 3.05) is 6.54 Å². The maximum absolute atomic E-state index is 12.1. The summed E-state index contributed by atoms with van der Waals surface area (Å²) >= 11 is 1.47. The second kappa shape index (κ2) is 6.97. The molecule has 3 aromatic heterocycles. The van der Waals surface area contributed by atoms with Crippen LogP contribution in [-0.4, -0.2) is 27.4 Å². The molecule has 23 heavy (non-hydrogen) atoms. The van der Waals surface area contributed by atoms with Crippen LogP contribution >= 0.6 is 11.3 Å². The van der Waals surface area contributed by atoms with E-state index < -0.39 is 11.5 Å². The average Bonchev–Trinajstić information content (AvgIpc) is 3.10. The molecule has 3 heterocycles. The van der Waals surface area contributed by atoms with Gasteiger partial charge < -0.3 is 10.3 Å². The molecule has 0 radical (unpaired) electrons. The fourth-order valence-electron chi connectivity index (χ4n) is 2.04. The highest BCUT2D eigenvalue weighted by Crippen LogP contribution is 2.19. The Labute approximate surface area is 136 Å². The monoisotopic (exact) mass is 326 g/mol. The summed E-state index contributed by atoms with van der Waals surface area (Å²) in [7, 11) is 0. The minimum Gasteiger partial charge on any atom is -0.351 e. The lowest BCUT2D eigenvalue weighted by Crippen LogP contribution is -2.31. The molecule has 0 atom stereocenters. The van der Waals surface area contributed by atoms with Gasteiger partial charge in [-0.15, -0.1) is 11.3 Å². The first kappa shape index (κ1) is 15.1. The van der Waals surface area contributed by atoms with Crippen LogP contribution in [0.25, 0.3) is 10.7 Å². The number of aromatic amines is 1. The Kier molecular flexibility index (Phi) is 4.58. The Morgan fingerprint density at radius 2 is 2.13 bits per heavy atom. The van der Waals surface area contributed by atoms with Crippen LogP contribution in [0.2, 0.25) is 0 Å². The van der Waals surface area contributed by atoms with Gasteiger partial charge in [0.2, 0.25) is 0 Å². The summed E-state index contributed by atoms with van der Waals surface area (Å²) in [6, 6.07) is 9.34. The van der Waals surface area contributed by atoms with E-state index in [2.05, 4.69) is 20.3 Å². The molecular weight excluding hydrogens is 312 g/mol. The number of rotatable bonds is 5. The molecule has 0 aromatic carbocycles. The number of aromatic nitrogens is 3. The molecular formula is C16H14N4O2S. The number of carbonyl (C=O) groups is 1. The third-order valence-electron chi connectivity index (χ3n) is 3.19. The Balaban J connectivity index is 1.64. The quantitative estimate of drug-likeness (QED) is 0.749. The molecule has 0 aliphatic carbocycles. The van der Waals surface area contributed by atoms with Gasteiger partial charge in [0.05, 0.1) is 4.88 Å². The van der Waals surface area contributed by atoms with Crippen LogP contribution in [0.15, 0.2) is 52.9 Å². The number of hydrogen-bond donors (Lipinski definition) is 2. The summed E-state index contributed by atoms with van der Waals surface area (Å²) in [5, 5.41) is 4.60. The third kappa shape index (κ3) is 3.70. The largest absolute Gasteiger partial charge is 0.351 e. The molecule has 0 saturated heterocycles. The van der Waals surface area contributed by atoms with Gasteiger partial charge in [0.25, 0.3) is 11.5 Å². The zero-order valence-electron chi connectivity index (χ0n) is 12.2. The summed E-state index contributed by atoms with van der Waals surface area (Å²) < 4.78 is 0. The number of carbonyl (C=O) groups excluding carboxylic acids is 1. The van der Waals surface area contributed by atoms with Crippen LogP contribution in [0.1, 0.15) is 16.1 Å². The Bertz CT molecular complexity index is 844. The lowest BCUT2D eigenvalue weighted by atomic mass is 10.2. The average molecular weight is 326 g/mol. The predicted molar refractivity (Wildman–Crippen MR) is 88.4 cm³/mol. The summed E-state index contributed by atoms with van der Waals surface area (Å²) in [5.74, 6) is 0.0300. The SMILES string of the molecule is O=C(NCCc1ccccn1)c1cnc(-c2cccs2)[nH]c1=O. The van der Waals surface area contributed by atoms with E-state index in [9.17, 15) is 9.59 Å². The predicted octanol–water partition coefficient (Wildman–Crippen LogP) is 1.87. The zero-order chi connectivity index (χ0) is 16.1. The van der Waals surface area contributed by atoms with E-state index in [0.717, 1.165) is 10.6 Å². The van der Waals surface area contributed by atoms with Crippen molar-refractivity contribution in [3.63, 3.8) is 0 Å². The van der Waals surface area contributed by atoms with Crippen LogP contribution in [0.4, 0.5) is 0 Å². The van der Waals surface area contributed by atoms with Gasteiger partial charge in [-0.05, 0) is 23.6 Å². The highest BCUT2D eigenvalue weighted by molar-refractivity contribution is 7.13. The molecule has 7 heteroatoms. The Morgan fingerprint density at radius 1 is 1.22 bits per heavy atom. The Hall–Kier alpha value is -2.80. The molecule has 0 spiro atoms. The second-order valence-electron chi connectivity index (χ2n) is 4.78. The summed E-state index contributed by atoms with van der Waals surface area (Å²) in [4.78, 5) is 35.9. The maximum atomic E-state index is 12.1. The van der Waals surface area contributed by atoms with Gasteiger partial charge in [-0.3, -0.25) is 14.6 Å². The van der Waals surface area contributed by atoms with Crippen LogP contribution in [0.3, 0.4) is 0 Å². The van der Waals surface area contributed by atoms with Gasteiger partial charge in [-0.2, -0.15) is 0 Å². The van der Waals surface area contributed by atoms with Crippen molar-refractivity contribution in [2.24, 2.45) is 0 Å². The Morgan fingerprint density at radius 3 is 2.83 bits per heavy atom. The fraction of sp³-hybridized carbons (Fsp3) is 0.125. The normalized spacial score (nSPS) is 10.4. The van der Waals surface area contributed by atoms with E-state index in [1.54, 1.807) is 6.20 Å². The molecule has 0 aliphatic rings. The minimum absolute atomic E-state index is 0.00586. The zero-order valence-corrected chi connectivity index (χ0v) is 13.0. The standard InChI is InChI=1S/C16H14N4O2S/c21-15(18-8-6-11-4-1-2-7-17-11)12-10-19-14(20-16(12)22)13-5-3-9-23-13/h1-5,7,9-10H,6,8H2,(H,18,21)(H,19,20,22).